The second kappa shape index (κ2) is 7.86. The van der Waals surface area contributed by atoms with Crippen LogP contribution >= 0.6 is 0 Å². The van der Waals surface area contributed by atoms with Crippen LogP contribution in [0.5, 0.6) is 0 Å². The van der Waals surface area contributed by atoms with Gasteiger partial charge in [0.25, 0.3) is 0 Å². The number of hydrogen-bond donors (Lipinski definition) is 1. The highest BCUT2D eigenvalue weighted by atomic mass is 16.5. The minimum absolute atomic E-state index is 0.130. The molecule has 27 heavy (non-hydrogen) atoms. The van der Waals surface area contributed by atoms with E-state index in [0.29, 0.717) is 0 Å². The van der Waals surface area contributed by atoms with Crippen molar-refractivity contribution in [2.24, 2.45) is 0 Å². The van der Waals surface area contributed by atoms with E-state index in [1.54, 1.807) is 0 Å². The number of piperazine rings is 1. The Morgan fingerprint density at radius 2 is 1.48 bits per heavy atom. The maximum atomic E-state index is 6.50. The second-order valence-corrected chi connectivity index (χ2v) is 8.60. The summed E-state index contributed by atoms with van der Waals surface area (Å²) in [6, 6.07) is 0. The van der Waals surface area contributed by atoms with Crippen LogP contribution in [0.2, 0.25) is 0 Å². The predicted octanol–water partition coefficient (Wildman–Crippen LogP) is 0.373. The van der Waals surface area contributed by atoms with Crippen molar-refractivity contribution in [3.63, 3.8) is 0 Å². The van der Waals surface area contributed by atoms with Gasteiger partial charge in [-0.2, -0.15) is 0 Å². The summed E-state index contributed by atoms with van der Waals surface area (Å²) < 4.78 is 18.6. The van der Waals surface area contributed by atoms with Crippen LogP contribution in [0, 0.1) is 0 Å². The quantitative estimate of drug-likeness (QED) is 0.762. The summed E-state index contributed by atoms with van der Waals surface area (Å²) in [5.41, 5.74) is -0.361. The van der Waals surface area contributed by atoms with E-state index in [1.807, 2.05) is 0 Å². The maximum absolute atomic E-state index is 6.50. The first kappa shape index (κ1) is 18.7. The summed E-state index contributed by atoms with van der Waals surface area (Å²) in [5, 5.41) is 9.47. The lowest BCUT2D eigenvalue weighted by molar-refractivity contribution is -0.257. The molecular weight excluding hydrogens is 344 g/mol. The van der Waals surface area contributed by atoms with E-state index in [-0.39, 0.29) is 23.5 Å². The number of likely N-dealkylation sites (tertiary alicyclic amines) is 1. The third-order valence-corrected chi connectivity index (χ3v) is 7.29. The molecule has 0 aromatic rings. The highest BCUT2D eigenvalue weighted by Gasteiger charge is 2.69. The Morgan fingerprint density at radius 3 is 2.11 bits per heavy atom. The van der Waals surface area contributed by atoms with Gasteiger partial charge in [-0.15, -0.1) is 0 Å². The van der Waals surface area contributed by atoms with Gasteiger partial charge in [-0.05, 0) is 38.5 Å². The van der Waals surface area contributed by atoms with Crippen LogP contribution < -0.4 is 10.6 Å². The molecule has 5 heterocycles. The Bertz CT molecular complexity index is 501. The van der Waals surface area contributed by atoms with Gasteiger partial charge in [0, 0.05) is 52.5 Å². The number of nitrogens with zero attached hydrogens (tertiary/aromatic N) is 3. The molecule has 0 saturated carbocycles. The van der Waals surface area contributed by atoms with E-state index < -0.39 is 0 Å². The first-order valence-electron chi connectivity index (χ1n) is 11.1. The van der Waals surface area contributed by atoms with Crippen molar-refractivity contribution in [2.45, 2.75) is 62.1 Å². The van der Waals surface area contributed by atoms with Crippen LogP contribution in [0.1, 0.15) is 38.5 Å². The molecule has 0 bridgehead atoms. The average molecular weight is 380 g/mol. The summed E-state index contributed by atoms with van der Waals surface area (Å²) in [5.74, 6) is -0.301. The molecule has 4 unspecified atom stereocenters. The van der Waals surface area contributed by atoms with Gasteiger partial charge in [-0.1, -0.05) is 0 Å². The molecule has 5 saturated heterocycles. The fourth-order valence-corrected chi connectivity index (χ4v) is 6.05. The molecule has 1 radical (unpaired) electrons. The highest BCUT2D eigenvalue weighted by molar-refractivity contribution is 5.21. The van der Waals surface area contributed by atoms with Crippen LogP contribution in [0.25, 0.3) is 0 Å². The predicted molar refractivity (Wildman–Crippen MR) is 102 cm³/mol. The monoisotopic (exact) mass is 379 g/mol. The molecule has 5 rings (SSSR count). The Balaban J connectivity index is 1.61. The fourth-order valence-electron chi connectivity index (χ4n) is 6.05. The minimum Gasteiger partial charge on any atom is -0.379 e. The molecule has 4 atom stereocenters. The maximum Gasteiger partial charge on any atom is 0.154 e. The van der Waals surface area contributed by atoms with Crippen molar-refractivity contribution in [1.82, 2.24) is 20.4 Å². The van der Waals surface area contributed by atoms with Gasteiger partial charge in [0.05, 0.1) is 25.4 Å². The number of morpholine rings is 1. The molecule has 0 spiro atoms. The first-order chi connectivity index (χ1) is 13.4. The van der Waals surface area contributed by atoms with Crippen LogP contribution in [-0.2, 0) is 14.2 Å². The third-order valence-electron chi connectivity index (χ3n) is 7.29. The topological polar surface area (TPSA) is 60.3 Å². The zero-order valence-corrected chi connectivity index (χ0v) is 16.5. The van der Waals surface area contributed by atoms with Gasteiger partial charge in [0.15, 0.2) is 5.79 Å². The van der Waals surface area contributed by atoms with E-state index in [4.69, 9.17) is 19.5 Å². The normalized spacial score (nSPS) is 44.9. The summed E-state index contributed by atoms with van der Waals surface area (Å²) in [7, 11) is 0. The van der Waals surface area contributed by atoms with E-state index in [0.717, 1.165) is 85.0 Å². The summed E-state index contributed by atoms with van der Waals surface area (Å²) in [6.45, 7) is 9.22. The van der Waals surface area contributed by atoms with Crippen molar-refractivity contribution in [3.05, 3.63) is 0 Å². The Morgan fingerprint density at radius 1 is 0.778 bits per heavy atom. The summed E-state index contributed by atoms with van der Waals surface area (Å²) in [4.78, 5) is 5.26. The molecule has 0 aromatic carbocycles. The standard InChI is InChI=1S/C20H35N4O3/c1-2-13-26-17(5-1)19(18-6-3-14-27-18)20(22-8-7-21-19,23-9-4-10-23)24-11-15-25-16-12-24/h17-18,22H,1-16H2. The Labute approximate surface area is 163 Å². The molecule has 0 aromatic heterocycles. The number of nitrogens with one attached hydrogen (secondary N) is 1. The minimum atomic E-state index is -0.361. The van der Waals surface area contributed by atoms with E-state index in [1.165, 1.54) is 19.3 Å². The number of ether oxygens (including phenoxy) is 3. The molecular formula is C20H35N4O3. The van der Waals surface area contributed by atoms with E-state index in [2.05, 4.69) is 15.1 Å². The van der Waals surface area contributed by atoms with Gasteiger partial charge in [-0.3, -0.25) is 15.1 Å². The van der Waals surface area contributed by atoms with Crippen molar-refractivity contribution in [1.29, 1.82) is 0 Å². The summed E-state index contributed by atoms with van der Waals surface area (Å²) >= 11 is 0. The SMILES string of the molecule is C1CCC(C2(C3CCCO3)[N]CCNC2(N2CCC2)N2CCOCC2)OC1. The van der Waals surface area contributed by atoms with Crippen LogP contribution in [-0.4, -0.2) is 99.0 Å². The van der Waals surface area contributed by atoms with E-state index in [9.17, 15) is 0 Å². The zero-order valence-electron chi connectivity index (χ0n) is 16.5. The van der Waals surface area contributed by atoms with E-state index >= 15 is 0 Å². The zero-order chi connectivity index (χ0) is 18.2. The van der Waals surface area contributed by atoms with Crippen LogP contribution in [0.15, 0.2) is 0 Å². The number of hydrogen-bond acceptors (Lipinski definition) is 6. The van der Waals surface area contributed by atoms with Crippen molar-refractivity contribution in [3.8, 4) is 0 Å². The van der Waals surface area contributed by atoms with Gasteiger partial charge in [-0.25, -0.2) is 5.32 Å². The van der Waals surface area contributed by atoms with Crippen LogP contribution in [0.4, 0.5) is 0 Å². The lowest BCUT2D eigenvalue weighted by Crippen LogP contribution is -2.91. The lowest BCUT2D eigenvalue weighted by atomic mass is 9.71. The molecule has 5 fully saturated rings. The smallest absolute Gasteiger partial charge is 0.154 e. The molecule has 5 aliphatic rings. The van der Waals surface area contributed by atoms with Crippen molar-refractivity contribution in [2.75, 3.05) is 65.7 Å². The molecule has 153 valence electrons. The fraction of sp³-hybridized carbons (Fsp3) is 1.00. The van der Waals surface area contributed by atoms with Crippen molar-refractivity contribution >= 4 is 0 Å². The molecule has 5 aliphatic heterocycles. The molecule has 7 nitrogen and oxygen atoms in total. The molecule has 7 heteroatoms. The Hall–Kier alpha value is -0.280. The largest absolute Gasteiger partial charge is 0.379 e. The Kier molecular flexibility index (Phi) is 5.45. The van der Waals surface area contributed by atoms with Gasteiger partial charge in [0.1, 0.15) is 5.54 Å². The summed E-state index contributed by atoms with van der Waals surface area (Å²) in [6.07, 6.45) is 7.24. The second-order valence-electron chi connectivity index (χ2n) is 8.60. The number of rotatable bonds is 4. The highest BCUT2D eigenvalue weighted by Crippen LogP contribution is 2.47. The third kappa shape index (κ3) is 2.89. The van der Waals surface area contributed by atoms with Crippen LogP contribution in [0.3, 0.4) is 0 Å². The molecule has 1 N–H and O–H groups in total. The van der Waals surface area contributed by atoms with Crippen molar-refractivity contribution < 1.29 is 14.2 Å². The lowest BCUT2D eigenvalue weighted by Gasteiger charge is -2.67. The van der Waals surface area contributed by atoms with Gasteiger partial charge < -0.3 is 14.2 Å². The molecule has 0 aliphatic carbocycles. The van der Waals surface area contributed by atoms with Gasteiger partial charge >= 0.3 is 0 Å². The first-order valence-corrected chi connectivity index (χ1v) is 11.1. The molecule has 0 amide bonds. The van der Waals surface area contributed by atoms with Gasteiger partial charge in [0.2, 0.25) is 0 Å². The average Bonchev–Trinajstić information content (AvgIpc) is 3.23.